The molecule has 0 heterocycles. The van der Waals surface area contributed by atoms with E-state index in [9.17, 15) is 9.59 Å². The Hall–Kier alpha value is -2.10. The number of carbonyl (C=O) groups is 2. The number of benzene rings is 1. The summed E-state index contributed by atoms with van der Waals surface area (Å²) in [6.07, 6.45) is 1.96. The Kier molecular flexibility index (Phi) is 4.94. The molecule has 0 amide bonds. The van der Waals surface area contributed by atoms with Crippen molar-refractivity contribution in [2.75, 3.05) is 0 Å². The highest BCUT2D eigenvalue weighted by molar-refractivity contribution is 5.90. The van der Waals surface area contributed by atoms with Crippen molar-refractivity contribution in [2.24, 2.45) is 0 Å². The van der Waals surface area contributed by atoms with Gasteiger partial charge in [0.1, 0.15) is 6.10 Å². The molecule has 1 aromatic rings. The molecule has 1 N–H and O–H groups in total. The predicted molar refractivity (Wildman–Crippen MR) is 62.3 cm³/mol. The van der Waals surface area contributed by atoms with Crippen LogP contribution in [0.4, 0.5) is 0 Å². The van der Waals surface area contributed by atoms with E-state index in [0.29, 0.717) is 6.42 Å². The molecule has 4 nitrogen and oxygen atoms in total. The second-order valence-corrected chi connectivity index (χ2v) is 3.42. The number of rotatable bonds is 5. The minimum absolute atomic E-state index is 0.345. The largest absolute Gasteiger partial charge is 0.478 e. The SMILES string of the molecule is CC[C@H](OC(=O)/C=C\C(=O)O)c1ccccc1. The van der Waals surface area contributed by atoms with E-state index in [4.69, 9.17) is 9.84 Å². The lowest BCUT2D eigenvalue weighted by Crippen LogP contribution is -2.09. The topological polar surface area (TPSA) is 63.6 Å². The van der Waals surface area contributed by atoms with Crippen molar-refractivity contribution in [3.05, 3.63) is 48.0 Å². The van der Waals surface area contributed by atoms with Crippen LogP contribution in [0.5, 0.6) is 0 Å². The van der Waals surface area contributed by atoms with E-state index in [1.54, 1.807) is 0 Å². The van der Waals surface area contributed by atoms with Crippen LogP contribution < -0.4 is 0 Å². The standard InChI is InChI=1S/C13H14O4/c1-2-11(10-6-4-3-5-7-10)17-13(16)9-8-12(14)15/h3-9,11H,2H2,1H3,(H,14,15)/b9-8-/t11-/m0/s1. The van der Waals surface area contributed by atoms with Crippen LogP contribution in [-0.2, 0) is 14.3 Å². The van der Waals surface area contributed by atoms with Gasteiger partial charge in [0, 0.05) is 12.2 Å². The fourth-order valence-electron chi connectivity index (χ4n) is 1.37. The fourth-order valence-corrected chi connectivity index (χ4v) is 1.37. The van der Waals surface area contributed by atoms with E-state index in [1.807, 2.05) is 37.3 Å². The van der Waals surface area contributed by atoms with Gasteiger partial charge in [0.25, 0.3) is 0 Å². The van der Waals surface area contributed by atoms with Crippen LogP contribution in [0.15, 0.2) is 42.5 Å². The molecule has 0 unspecified atom stereocenters. The first kappa shape index (κ1) is 13.0. The van der Waals surface area contributed by atoms with Crippen molar-refractivity contribution in [1.82, 2.24) is 0 Å². The molecule has 17 heavy (non-hydrogen) atoms. The molecule has 0 aliphatic heterocycles. The zero-order chi connectivity index (χ0) is 12.7. The quantitative estimate of drug-likeness (QED) is 0.627. The van der Waals surface area contributed by atoms with E-state index in [2.05, 4.69) is 0 Å². The molecule has 4 heteroatoms. The van der Waals surface area contributed by atoms with Crippen LogP contribution in [0.2, 0.25) is 0 Å². The molecule has 0 aromatic heterocycles. The third kappa shape index (κ3) is 4.51. The number of carboxylic acids is 1. The highest BCUT2D eigenvalue weighted by Gasteiger charge is 2.12. The summed E-state index contributed by atoms with van der Waals surface area (Å²) in [7, 11) is 0. The molecule has 0 spiro atoms. The second kappa shape index (κ2) is 6.48. The highest BCUT2D eigenvalue weighted by Crippen LogP contribution is 2.20. The van der Waals surface area contributed by atoms with Crippen LogP contribution in [0.3, 0.4) is 0 Å². The minimum atomic E-state index is -1.17. The lowest BCUT2D eigenvalue weighted by atomic mass is 10.1. The summed E-state index contributed by atoms with van der Waals surface area (Å²) in [5, 5.41) is 8.38. The maximum absolute atomic E-state index is 11.3. The van der Waals surface area contributed by atoms with Crippen molar-refractivity contribution in [3.8, 4) is 0 Å². The number of hydrogen-bond donors (Lipinski definition) is 1. The maximum Gasteiger partial charge on any atom is 0.331 e. The number of hydrogen-bond acceptors (Lipinski definition) is 3. The van der Waals surface area contributed by atoms with Crippen molar-refractivity contribution >= 4 is 11.9 Å². The summed E-state index contributed by atoms with van der Waals surface area (Å²) < 4.78 is 5.15. The summed E-state index contributed by atoms with van der Waals surface area (Å²) in [4.78, 5) is 21.6. The minimum Gasteiger partial charge on any atom is -0.478 e. The Morgan fingerprint density at radius 1 is 1.29 bits per heavy atom. The Balaban J connectivity index is 2.65. The summed E-state index contributed by atoms with van der Waals surface area (Å²) in [5.74, 6) is -1.82. The Morgan fingerprint density at radius 2 is 1.94 bits per heavy atom. The Bertz CT molecular complexity index is 409. The first-order valence-electron chi connectivity index (χ1n) is 5.30. The van der Waals surface area contributed by atoms with Gasteiger partial charge < -0.3 is 9.84 Å². The van der Waals surface area contributed by atoms with Crippen LogP contribution in [-0.4, -0.2) is 17.0 Å². The first-order chi connectivity index (χ1) is 8.13. The molecule has 0 saturated carbocycles. The molecule has 0 aliphatic rings. The predicted octanol–water partition coefficient (Wildman–Crippen LogP) is 2.32. The van der Waals surface area contributed by atoms with Crippen LogP contribution in [0.1, 0.15) is 25.0 Å². The van der Waals surface area contributed by atoms with Crippen LogP contribution in [0.25, 0.3) is 0 Å². The first-order valence-corrected chi connectivity index (χ1v) is 5.30. The van der Waals surface area contributed by atoms with Gasteiger partial charge in [0.05, 0.1) is 0 Å². The van der Waals surface area contributed by atoms with Gasteiger partial charge in [0.15, 0.2) is 0 Å². The Labute approximate surface area is 99.5 Å². The third-order valence-corrected chi connectivity index (χ3v) is 2.16. The lowest BCUT2D eigenvalue weighted by molar-refractivity contribution is -0.144. The van der Waals surface area contributed by atoms with Gasteiger partial charge in [-0.05, 0) is 12.0 Å². The summed E-state index contributed by atoms with van der Waals surface area (Å²) in [6, 6.07) is 9.32. The maximum atomic E-state index is 11.3. The molecule has 0 fully saturated rings. The van der Waals surface area contributed by atoms with Crippen LogP contribution in [0, 0.1) is 0 Å². The number of carboxylic acid groups (broad SMARTS) is 1. The molecule has 1 atom stereocenters. The average Bonchev–Trinajstić information content (AvgIpc) is 2.34. The number of carbonyl (C=O) groups excluding carboxylic acids is 1. The van der Waals surface area contributed by atoms with E-state index < -0.39 is 11.9 Å². The van der Waals surface area contributed by atoms with E-state index >= 15 is 0 Å². The zero-order valence-corrected chi connectivity index (χ0v) is 9.50. The molecule has 1 rings (SSSR count). The fraction of sp³-hybridized carbons (Fsp3) is 0.231. The zero-order valence-electron chi connectivity index (χ0n) is 9.50. The molecular weight excluding hydrogens is 220 g/mol. The van der Waals surface area contributed by atoms with Gasteiger partial charge in [-0.3, -0.25) is 0 Å². The highest BCUT2D eigenvalue weighted by atomic mass is 16.5. The summed E-state index contributed by atoms with van der Waals surface area (Å²) in [5.41, 5.74) is 0.895. The van der Waals surface area contributed by atoms with E-state index in [1.165, 1.54) is 0 Å². The van der Waals surface area contributed by atoms with Gasteiger partial charge in [0.2, 0.25) is 0 Å². The molecule has 0 radical (unpaired) electrons. The summed E-state index contributed by atoms with van der Waals surface area (Å²) >= 11 is 0. The second-order valence-electron chi connectivity index (χ2n) is 3.42. The smallest absolute Gasteiger partial charge is 0.331 e. The number of esters is 1. The van der Waals surface area contributed by atoms with Crippen molar-refractivity contribution in [1.29, 1.82) is 0 Å². The molecule has 0 aliphatic carbocycles. The van der Waals surface area contributed by atoms with Gasteiger partial charge >= 0.3 is 11.9 Å². The van der Waals surface area contributed by atoms with Gasteiger partial charge in [-0.2, -0.15) is 0 Å². The monoisotopic (exact) mass is 234 g/mol. The van der Waals surface area contributed by atoms with Gasteiger partial charge in [-0.15, -0.1) is 0 Å². The van der Waals surface area contributed by atoms with Crippen molar-refractivity contribution in [2.45, 2.75) is 19.4 Å². The molecule has 1 aromatic carbocycles. The van der Waals surface area contributed by atoms with Crippen LogP contribution >= 0.6 is 0 Å². The normalized spacial score (nSPS) is 12.3. The Morgan fingerprint density at radius 3 is 2.47 bits per heavy atom. The lowest BCUT2D eigenvalue weighted by Gasteiger charge is -2.15. The van der Waals surface area contributed by atoms with Crippen molar-refractivity contribution in [3.63, 3.8) is 0 Å². The molecule has 0 saturated heterocycles. The molecule has 90 valence electrons. The molecule has 0 bridgehead atoms. The number of ether oxygens (including phenoxy) is 1. The summed E-state index contributed by atoms with van der Waals surface area (Å²) in [6.45, 7) is 1.89. The number of aliphatic carboxylic acids is 1. The van der Waals surface area contributed by atoms with E-state index in [0.717, 1.165) is 17.7 Å². The van der Waals surface area contributed by atoms with E-state index in [-0.39, 0.29) is 6.10 Å². The third-order valence-electron chi connectivity index (χ3n) is 2.16. The van der Waals surface area contributed by atoms with Gasteiger partial charge in [-0.1, -0.05) is 37.3 Å². The van der Waals surface area contributed by atoms with Crippen molar-refractivity contribution < 1.29 is 19.4 Å². The average molecular weight is 234 g/mol. The molecular formula is C13H14O4. The van der Waals surface area contributed by atoms with Gasteiger partial charge in [-0.25, -0.2) is 9.59 Å².